The summed E-state index contributed by atoms with van der Waals surface area (Å²) in [7, 11) is 0. The zero-order valence-corrected chi connectivity index (χ0v) is 12.0. The predicted octanol–water partition coefficient (Wildman–Crippen LogP) is 2.14. The van der Waals surface area contributed by atoms with Crippen LogP contribution in [0.25, 0.3) is 10.8 Å². The highest BCUT2D eigenvalue weighted by Crippen LogP contribution is 2.39. The van der Waals surface area contributed by atoms with Gasteiger partial charge in [-0.1, -0.05) is 11.6 Å². The lowest BCUT2D eigenvalue weighted by atomic mass is 10.2. The van der Waals surface area contributed by atoms with Crippen LogP contribution >= 0.6 is 11.6 Å². The van der Waals surface area contributed by atoms with Gasteiger partial charge in [0.05, 0.1) is 0 Å². The highest BCUT2D eigenvalue weighted by molar-refractivity contribution is 6.30. The van der Waals surface area contributed by atoms with E-state index in [2.05, 4.69) is 27.0 Å². The Labute approximate surface area is 126 Å². The Morgan fingerprint density at radius 3 is 3.14 bits per heavy atom. The lowest BCUT2D eigenvalue weighted by Gasteiger charge is -2.06. The van der Waals surface area contributed by atoms with Crippen molar-refractivity contribution in [2.24, 2.45) is 16.8 Å². The molecule has 2 heterocycles. The van der Waals surface area contributed by atoms with Crippen molar-refractivity contribution in [3.63, 3.8) is 0 Å². The Kier molecular flexibility index (Phi) is 3.47. The van der Waals surface area contributed by atoms with Crippen molar-refractivity contribution in [2.75, 3.05) is 17.6 Å². The van der Waals surface area contributed by atoms with Crippen molar-refractivity contribution in [2.45, 2.75) is 6.42 Å². The number of nitrogens with one attached hydrogen (secondary N) is 1. The molecular formula is C14H14ClN5O. The first-order chi connectivity index (χ1) is 10.1. The van der Waals surface area contributed by atoms with Gasteiger partial charge in [-0.15, -0.1) is 0 Å². The summed E-state index contributed by atoms with van der Waals surface area (Å²) in [4.78, 5) is 24.0. The maximum absolute atomic E-state index is 12.1. The number of fused-ring (bicyclic) bond motifs is 1. The van der Waals surface area contributed by atoms with E-state index in [0.29, 0.717) is 34.6 Å². The molecule has 1 aliphatic rings. The summed E-state index contributed by atoms with van der Waals surface area (Å²) in [5.41, 5.74) is 5.78. The molecule has 1 amide bonds. The number of carbonyl (C=O) groups is 1. The van der Waals surface area contributed by atoms with Gasteiger partial charge in [-0.05, 0) is 36.6 Å². The molecule has 108 valence electrons. The highest BCUT2D eigenvalue weighted by atomic mass is 35.5. The Balaban J connectivity index is 1.79. The number of nitrogens with zero attached hydrogens (tertiary/aromatic N) is 3. The second-order valence-corrected chi connectivity index (χ2v) is 5.51. The van der Waals surface area contributed by atoms with Crippen LogP contribution < -0.4 is 11.1 Å². The number of nitrogens with two attached hydrogens (primary N) is 1. The molecule has 21 heavy (non-hydrogen) atoms. The molecule has 1 fully saturated rings. The Morgan fingerprint density at radius 1 is 1.57 bits per heavy atom. The van der Waals surface area contributed by atoms with Gasteiger partial charge in [0.1, 0.15) is 16.8 Å². The first-order valence-electron chi connectivity index (χ1n) is 6.53. The van der Waals surface area contributed by atoms with Crippen LogP contribution in [-0.2, 0) is 4.79 Å². The second-order valence-electron chi connectivity index (χ2n) is 5.12. The van der Waals surface area contributed by atoms with Crippen molar-refractivity contribution in [3.8, 4) is 0 Å². The maximum Gasteiger partial charge on any atom is 0.228 e. The fourth-order valence-corrected chi connectivity index (χ4v) is 2.57. The third kappa shape index (κ3) is 2.80. The summed E-state index contributed by atoms with van der Waals surface area (Å²) in [5.74, 6) is 1.06. The predicted molar refractivity (Wildman–Crippen MR) is 83.6 cm³/mol. The van der Waals surface area contributed by atoms with E-state index in [1.165, 1.54) is 0 Å². The largest absolute Gasteiger partial charge is 0.383 e. The number of halogens is 1. The van der Waals surface area contributed by atoms with Crippen LogP contribution in [0.4, 0.5) is 11.6 Å². The molecule has 1 saturated carbocycles. The van der Waals surface area contributed by atoms with Gasteiger partial charge in [-0.25, -0.2) is 9.97 Å². The van der Waals surface area contributed by atoms with E-state index in [9.17, 15) is 4.79 Å². The minimum Gasteiger partial charge on any atom is -0.383 e. The minimum absolute atomic E-state index is 0.000839. The Hall–Kier alpha value is -2.21. The van der Waals surface area contributed by atoms with Crippen LogP contribution in [-0.4, -0.2) is 29.1 Å². The Bertz CT molecular complexity index is 733. The number of hydrogen-bond donors (Lipinski definition) is 2. The fourth-order valence-electron chi connectivity index (χ4n) is 2.36. The van der Waals surface area contributed by atoms with Crippen molar-refractivity contribution in [3.05, 3.63) is 23.5 Å². The standard InChI is InChI=1S/C14H14ClN5O/c1-17-5-8-2-9(8)14(21)20-12-4-7-3-11(15)19-13(16)10(7)6-18-12/h3-4,6,8-9H,1-2,5H2,(H2,16,19)(H,18,20,21)/t8-,9+/m1/s1. The van der Waals surface area contributed by atoms with Crippen molar-refractivity contribution >= 4 is 46.6 Å². The van der Waals surface area contributed by atoms with E-state index in [-0.39, 0.29) is 11.8 Å². The number of aromatic nitrogens is 2. The first kappa shape index (κ1) is 13.8. The van der Waals surface area contributed by atoms with Crippen LogP contribution in [0.1, 0.15) is 6.42 Å². The number of carbonyl (C=O) groups excluding carboxylic acids is 1. The lowest BCUT2D eigenvalue weighted by molar-refractivity contribution is -0.117. The molecule has 0 radical (unpaired) electrons. The average Bonchev–Trinajstić information content (AvgIpc) is 3.18. The molecule has 0 unspecified atom stereocenters. The molecule has 0 spiro atoms. The molecule has 2 aromatic heterocycles. The van der Waals surface area contributed by atoms with Gasteiger partial charge in [0.25, 0.3) is 0 Å². The van der Waals surface area contributed by atoms with Crippen LogP contribution in [0.5, 0.6) is 0 Å². The molecule has 2 aromatic rings. The summed E-state index contributed by atoms with van der Waals surface area (Å²) in [5, 5.41) is 4.61. The number of rotatable bonds is 4. The van der Waals surface area contributed by atoms with Crippen LogP contribution in [0.15, 0.2) is 23.3 Å². The van der Waals surface area contributed by atoms with Gasteiger partial charge in [0.2, 0.25) is 5.91 Å². The summed E-state index contributed by atoms with van der Waals surface area (Å²) in [6, 6.07) is 3.42. The van der Waals surface area contributed by atoms with Crippen molar-refractivity contribution in [1.82, 2.24) is 9.97 Å². The molecule has 1 aliphatic carbocycles. The van der Waals surface area contributed by atoms with Crippen LogP contribution in [0.2, 0.25) is 5.15 Å². The van der Waals surface area contributed by atoms with Gasteiger partial charge in [0, 0.05) is 24.0 Å². The minimum atomic E-state index is -0.0383. The number of aliphatic imine (C=N–C) groups is 1. The summed E-state index contributed by atoms with van der Waals surface area (Å²) in [6.07, 6.45) is 2.43. The number of anilines is 2. The van der Waals surface area contributed by atoms with Crippen LogP contribution in [0, 0.1) is 11.8 Å². The van der Waals surface area contributed by atoms with Gasteiger partial charge < -0.3 is 16.0 Å². The molecule has 2 atom stereocenters. The van der Waals surface area contributed by atoms with E-state index in [1.54, 1.807) is 18.3 Å². The second kappa shape index (κ2) is 5.29. The Morgan fingerprint density at radius 2 is 2.38 bits per heavy atom. The van der Waals surface area contributed by atoms with Gasteiger partial charge in [0.15, 0.2) is 0 Å². The smallest absolute Gasteiger partial charge is 0.228 e. The zero-order valence-electron chi connectivity index (χ0n) is 11.2. The number of amides is 1. The molecule has 0 saturated heterocycles. The van der Waals surface area contributed by atoms with Gasteiger partial charge in [-0.3, -0.25) is 4.79 Å². The van der Waals surface area contributed by atoms with E-state index < -0.39 is 0 Å². The number of pyridine rings is 2. The van der Waals surface area contributed by atoms with Crippen LogP contribution in [0.3, 0.4) is 0 Å². The van der Waals surface area contributed by atoms with E-state index in [1.807, 2.05) is 0 Å². The molecule has 3 N–H and O–H groups in total. The van der Waals surface area contributed by atoms with Gasteiger partial charge >= 0.3 is 0 Å². The SMILES string of the molecule is C=NC[C@H]1C[C@@H]1C(=O)Nc1cc2cc(Cl)nc(N)c2cn1. The third-order valence-electron chi connectivity index (χ3n) is 3.59. The monoisotopic (exact) mass is 303 g/mol. The highest BCUT2D eigenvalue weighted by Gasteiger charge is 2.42. The molecule has 6 nitrogen and oxygen atoms in total. The summed E-state index contributed by atoms with van der Waals surface area (Å²) < 4.78 is 0. The lowest BCUT2D eigenvalue weighted by Crippen LogP contribution is -2.16. The van der Waals surface area contributed by atoms with E-state index in [0.717, 1.165) is 11.8 Å². The molecule has 0 aromatic carbocycles. The number of nitrogen functional groups attached to an aromatic ring is 1. The molecule has 7 heteroatoms. The quantitative estimate of drug-likeness (QED) is 0.668. The zero-order chi connectivity index (χ0) is 15.0. The third-order valence-corrected chi connectivity index (χ3v) is 3.78. The fraction of sp³-hybridized carbons (Fsp3) is 0.286. The van der Waals surface area contributed by atoms with E-state index in [4.69, 9.17) is 17.3 Å². The van der Waals surface area contributed by atoms with Crippen molar-refractivity contribution < 1.29 is 4.79 Å². The summed E-state index contributed by atoms with van der Waals surface area (Å²) >= 11 is 5.88. The first-order valence-corrected chi connectivity index (χ1v) is 6.91. The number of hydrogen-bond acceptors (Lipinski definition) is 5. The van der Waals surface area contributed by atoms with E-state index >= 15 is 0 Å². The van der Waals surface area contributed by atoms with Crippen molar-refractivity contribution in [1.29, 1.82) is 0 Å². The molecular weight excluding hydrogens is 290 g/mol. The molecule has 3 rings (SSSR count). The maximum atomic E-state index is 12.1. The summed E-state index contributed by atoms with van der Waals surface area (Å²) in [6.45, 7) is 4.07. The van der Waals surface area contributed by atoms with Gasteiger partial charge in [-0.2, -0.15) is 0 Å². The topological polar surface area (TPSA) is 93.3 Å². The molecule has 0 bridgehead atoms. The molecule has 0 aliphatic heterocycles. The normalized spacial score (nSPS) is 20.2. The average molecular weight is 304 g/mol.